The third-order valence-electron chi connectivity index (χ3n) is 4.02. The van der Waals surface area contributed by atoms with Gasteiger partial charge in [-0.3, -0.25) is 9.69 Å². The van der Waals surface area contributed by atoms with E-state index in [9.17, 15) is 4.79 Å². The van der Waals surface area contributed by atoms with Gasteiger partial charge in [-0.1, -0.05) is 23.7 Å². The fraction of sp³-hybridized carbons (Fsp3) is 0.588. The fourth-order valence-corrected chi connectivity index (χ4v) is 2.83. The van der Waals surface area contributed by atoms with Gasteiger partial charge in [0.2, 0.25) is 5.91 Å². The summed E-state index contributed by atoms with van der Waals surface area (Å²) in [5.41, 5.74) is 1.26. The molecule has 1 saturated heterocycles. The lowest BCUT2D eigenvalue weighted by Gasteiger charge is -2.22. The molecule has 0 aliphatic carbocycles. The quantitative estimate of drug-likeness (QED) is 0.699. The van der Waals surface area contributed by atoms with Crippen LogP contribution in [0.4, 0.5) is 0 Å². The maximum atomic E-state index is 12.2. The maximum Gasteiger partial charge on any atom is 0.236 e. The van der Waals surface area contributed by atoms with Crippen LogP contribution in [0, 0.1) is 0 Å². The summed E-state index contributed by atoms with van der Waals surface area (Å²) in [5.74, 6) is 0.175. The SMILES string of the molecule is COCCNCC(=O)N1CCCN(Cc2ccc(Cl)cc2)CC1.Cl.Cl. The number of nitrogens with one attached hydrogen (secondary N) is 1. The van der Waals surface area contributed by atoms with Crippen molar-refractivity contribution in [2.45, 2.75) is 13.0 Å². The largest absolute Gasteiger partial charge is 0.383 e. The predicted molar refractivity (Wildman–Crippen MR) is 107 cm³/mol. The Morgan fingerprint density at radius 2 is 1.88 bits per heavy atom. The molecule has 5 nitrogen and oxygen atoms in total. The molecule has 1 heterocycles. The van der Waals surface area contributed by atoms with Crippen LogP contribution in [0.25, 0.3) is 0 Å². The average molecular weight is 413 g/mol. The molecule has 25 heavy (non-hydrogen) atoms. The van der Waals surface area contributed by atoms with Crippen LogP contribution >= 0.6 is 36.4 Å². The van der Waals surface area contributed by atoms with Gasteiger partial charge in [-0.2, -0.15) is 0 Å². The Kier molecular flexibility index (Phi) is 13.3. The van der Waals surface area contributed by atoms with Crippen LogP contribution in [0.3, 0.4) is 0 Å². The van der Waals surface area contributed by atoms with Gasteiger partial charge < -0.3 is 15.0 Å². The molecule has 0 unspecified atom stereocenters. The van der Waals surface area contributed by atoms with Crippen LogP contribution in [-0.4, -0.2) is 68.7 Å². The number of benzene rings is 1. The maximum absolute atomic E-state index is 12.2. The molecule has 1 N–H and O–H groups in total. The number of carbonyl (C=O) groups excluding carboxylic acids is 1. The van der Waals surface area contributed by atoms with Crippen molar-refractivity contribution in [3.05, 3.63) is 34.9 Å². The van der Waals surface area contributed by atoms with Crippen LogP contribution in [-0.2, 0) is 16.1 Å². The molecular weight excluding hydrogens is 385 g/mol. The second-order valence-corrected chi connectivity index (χ2v) is 6.24. The lowest BCUT2D eigenvalue weighted by Crippen LogP contribution is -2.41. The molecule has 1 aliphatic heterocycles. The van der Waals surface area contributed by atoms with E-state index in [1.165, 1.54) is 5.56 Å². The molecule has 0 saturated carbocycles. The van der Waals surface area contributed by atoms with Crippen molar-refractivity contribution in [1.29, 1.82) is 0 Å². The Balaban J connectivity index is 0.00000288. The van der Waals surface area contributed by atoms with Crippen molar-refractivity contribution in [2.24, 2.45) is 0 Å². The minimum atomic E-state index is 0. The highest BCUT2D eigenvalue weighted by Gasteiger charge is 2.18. The van der Waals surface area contributed by atoms with E-state index in [0.717, 1.165) is 44.2 Å². The van der Waals surface area contributed by atoms with E-state index in [1.807, 2.05) is 17.0 Å². The van der Waals surface area contributed by atoms with Gasteiger partial charge in [-0.05, 0) is 24.1 Å². The smallest absolute Gasteiger partial charge is 0.236 e. The molecule has 0 aromatic heterocycles. The zero-order valence-electron chi connectivity index (χ0n) is 14.6. The Morgan fingerprint density at radius 3 is 2.56 bits per heavy atom. The minimum Gasteiger partial charge on any atom is -0.383 e. The molecule has 1 amide bonds. The Hall–Kier alpha value is -0.560. The molecule has 0 radical (unpaired) electrons. The molecular formula is C17H28Cl3N3O2. The summed E-state index contributed by atoms with van der Waals surface area (Å²) in [4.78, 5) is 16.6. The summed E-state index contributed by atoms with van der Waals surface area (Å²) >= 11 is 5.92. The number of amides is 1. The topological polar surface area (TPSA) is 44.8 Å². The number of ether oxygens (including phenoxy) is 1. The van der Waals surface area contributed by atoms with Gasteiger partial charge in [0.05, 0.1) is 13.2 Å². The highest BCUT2D eigenvalue weighted by molar-refractivity contribution is 6.30. The van der Waals surface area contributed by atoms with Crippen LogP contribution < -0.4 is 5.32 Å². The first-order valence-electron chi connectivity index (χ1n) is 8.13. The molecule has 2 rings (SSSR count). The highest BCUT2D eigenvalue weighted by Crippen LogP contribution is 2.13. The average Bonchev–Trinajstić information content (AvgIpc) is 2.79. The Morgan fingerprint density at radius 1 is 1.16 bits per heavy atom. The third-order valence-corrected chi connectivity index (χ3v) is 4.27. The Bertz CT molecular complexity index is 489. The van der Waals surface area contributed by atoms with E-state index in [-0.39, 0.29) is 30.7 Å². The monoisotopic (exact) mass is 411 g/mol. The summed E-state index contributed by atoms with van der Waals surface area (Å²) in [6.45, 7) is 6.18. The van der Waals surface area contributed by atoms with E-state index < -0.39 is 0 Å². The molecule has 0 spiro atoms. The zero-order valence-corrected chi connectivity index (χ0v) is 17.0. The second kappa shape index (κ2) is 13.6. The van der Waals surface area contributed by atoms with E-state index >= 15 is 0 Å². The molecule has 1 aromatic carbocycles. The van der Waals surface area contributed by atoms with Crippen molar-refractivity contribution >= 4 is 42.3 Å². The second-order valence-electron chi connectivity index (χ2n) is 5.81. The van der Waals surface area contributed by atoms with Crippen molar-refractivity contribution in [3.8, 4) is 0 Å². The van der Waals surface area contributed by atoms with Crippen molar-refractivity contribution in [2.75, 3.05) is 53.0 Å². The van der Waals surface area contributed by atoms with Gasteiger partial charge in [0.25, 0.3) is 0 Å². The van der Waals surface area contributed by atoms with Crippen LogP contribution in [0.5, 0.6) is 0 Å². The van der Waals surface area contributed by atoms with E-state index in [0.29, 0.717) is 19.7 Å². The van der Waals surface area contributed by atoms with Crippen molar-refractivity contribution in [1.82, 2.24) is 15.1 Å². The van der Waals surface area contributed by atoms with Gasteiger partial charge in [0, 0.05) is 51.4 Å². The molecule has 1 aromatic rings. The van der Waals surface area contributed by atoms with E-state index in [2.05, 4.69) is 22.3 Å². The summed E-state index contributed by atoms with van der Waals surface area (Å²) in [5, 5.41) is 3.88. The summed E-state index contributed by atoms with van der Waals surface area (Å²) < 4.78 is 4.96. The minimum absolute atomic E-state index is 0. The standard InChI is InChI=1S/C17H26ClN3O2.2ClH/c1-23-12-7-19-13-17(22)21-9-2-8-20(10-11-21)14-15-3-5-16(18)6-4-15;;/h3-6,19H,2,7-14H2,1H3;2*1H. The molecule has 1 aliphatic rings. The van der Waals surface area contributed by atoms with Gasteiger partial charge in [-0.15, -0.1) is 24.8 Å². The summed E-state index contributed by atoms with van der Waals surface area (Å²) in [6, 6.07) is 7.98. The first-order chi connectivity index (χ1) is 11.2. The number of halogens is 3. The summed E-state index contributed by atoms with van der Waals surface area (Å²) in [6.07, 6.45) is 1.01. The predicted octanol–water partition coefficient (Wildman–Crippen LogP) is 2.45. The first kappa shape index (κ1) is 24.4. The number of hydrogen-bond donors (Lipinski definition) is 1. The van der Waals surface area contributed by atoms with E-state index in [1.54, 1.807) is 7.11 Å². The first-order valence-corrected chi connectivity index (χ1v) is 8.51. The number of methoxy groups -OCH3 is 1. The third kappa shape index (κ3) is 9.08. The fourth-order valence-electron chi connectivity index (χ4n) is 2.71. The van der Waals surface area contributed by atoms with Crippen LogP contribution in [0.2, 0.25) is 5.02 Å². The lowest BCUT2D eigenvalue weighted by molar-refractivity contribution is -0.130. The highest BCUT2D eigenvalue weighted by atomic mass is 35.5. The number of rotatable bonds is 7. The van der Waals surface area contributed by atoms with Gasteiger partial charge in [-0.25, -0.2) is 0 Å². The zero-order chi connectivity index (χ0) is 16.5. The number of hydrogen-bond acceptors (Lipinski definition) is 4. The normalized spacial score (nSPS) is 15.0. The number of nitrogens with zero attached hydrogens (tertiary/aromatic N) is 2. The van der Waals surface area contributed by atoms with Crippen molar-refractivity contribution < 1.29 is 9.53 Å². The van der Waals surface area contributed by atoms with Gasteiger partial charge in [0.1, 0.15) is 0 Å². The van der Waals surface area contributed by atoms with E-state index in [4.69, 9.17) is 16.3 Å². The van der Waals surface area contributed by atoms with Gasteiger partial charge >= 0.3 is 0 Å². The molecule has 144 valence electrons. The number of carbonyl (C=O) groups is 1. The van der Waals surface area contributed by atoms with Crippen LogP contribution in [0.1, 0.15) is 12.0 Å². The Labute approximate surface area is 167 Å². The van der Waals surface area contributed by atoms with Crippen LogP contribution in [0.15, 0.2) is 24.3 Å². The van der Waals surface area contributed by atoms with Crippen molar-refractivity contribution in [3.63, 3.8) is 0 Å². The lowest BCUT2D eigenvalue weighted by atomic mass is 10.2. The van der Waals surface area contributed by atoms with Gasteiger partial charge in [0.15, 0.2) is 0 Å². The molecule has 0 bridgehead atoms. The molecule has 1 fully saturated rings. The summed E-state index contributed by atoms with van der Waals surface area (Å²) in [7, 11) is 1.66. The molecule has 8 heteroatoms. The molecule has 0 atom stereocenters.